The molecule has 0 unspecified atom stereocenters. The number of benzene rings is 2. The Labute approximate surface area is 179 Å². The number of methoxy groups -OCH3 is 2. The number of unbranched alkanes of at least 4 members (excludes halogenated alkanes) is 6. The summed E-state index contributed by atoms with van der Waals surface area (Å²) in [5, 5.41) is 3.17. The number of ether oxygens (including phenoxy) is 2. The molecule has 3 heteroatoms. The molecule has 0 fully saturated rings. The lowest BCUT2D eigenvalue weighted by Gasteiger charge is -2.28. The normalized spacial score (nSPS) is 11.7. The quantitative estimate of drug-likeness (QED) is 0.245. The van der Waals surface area contributed by atoms with Crippen molar-refractivity contribution < 1.29 is 9.47 Å². The summed E-state index contributed by atoms with van der Waals surface area (Å²) in [6, 6.07) is 22.8. The third kappa shape index (κ3) is 8.21. The van der Waals surface area contributed by atoms with E-state index in [2.05, 4.69) is 60.7 Å². The summed E-state index contributed by atoms with van der Waals surface area (Å²) in [6.07, 6.45) is 12.8. The van der Waals surface area contributed by atoms with Crippen molar-refractivity contribution in [3.05, 3.63) is 60.7 Å². The van der Waals surface area contributed by atoms with Crippen molar-refractivity contribution in [2.24, 2.45) is 0 Å². The Morgan fingerprint density at radius 2 is 0.897 bits per heavy atom. The fourth-order valence-corrected chi connectivity index (χ4v) is 8.73. The van der Waals surface area contributed by atoms with Crippen molar-refractivity contribution in [3.63, 3.8) is 0 Å². The first kappa shape index (κ1) is 24.1. The molecule has 2 aromatic carbocycles. The predicted octanol–water partition coefficient (Wildman–Crippen LogP) is 6.07. The Morgan fingerprint density at radius 1 is 0.517 bits per heavy atom. The molecule has 0 aliphatic heterocycles. The summed E-state index contributed by atoms with van der Waals surface area (Å²) in [6.45, 7) is 1.78. The topological polar surface area (TPSA) is 18.5 Å². The van der Waals surface area contributed by atoms with Gasteiger partial charge in [-0.15, -0.1) is 0 Å². The van der Waals surface area contributed by atoms with E-state index in [-0.39, 0.29) is 0 Å². The highest BCUT2D eigenvalue weighted by molar-refractivity contribution is 7.89. The van der Waals surface area contributed by atoms with Crippen LogP contribution in [0.1, 0.15) is 51.4 Å². The largest absolute Gasteiger partial charge is 0.385 e. The SMILES string of the molecule is COCCCCCC[P+](CCCCCCOC)(c1ccccc1)c1ccccc1. The highest BCUT2D eigenvalue weighted by Gasteiger charge is 2.41. The van der Waals surface area contributed by atoms with Crippen molar-refractivity contribution in [2.75, 3.05) is 39.8 Å². The molecule has 0 aliphatic carbocycles. The summed E-state index contributed by atoms with van der Waals surface area (Å²) in [4.78, 5) is 0. The van der Waals surface area contributed by atoms with Gasteiger partial charge in [0.2, 0.25) is 0 Å². The van der Waals surface area contributed by atoms with Crippen LogP contribution in [-0.4, -0.2) is 39.8 Å². The van der Waals surface area contributed by atoms with E-state index in [9.17, 15) is 0 Å². The summed E-state index contributed by atoms with van der Waals surface area (Å²) in [7, 11) is 2.22. The second-order valence-corrected chi connectivity index (χ2v) is 11.8. The predicted molar refractivity (Wildman–Crippen MR) is 129 cm³/mol. The van der Waals surface area contributed by atoms with Crippen LogP contribution in [0.25, 0.3) is 0 Å². The van der Waals surface area contributed by atoms with Gasteiger partial charge in [0, 0.05) is 27.4 Å². The molecule has 0 N–H and O–H groups in total. The van der Waals surface area contributed by atoms with Crippen molar-refractivity contribution in [1.82, 2.24) is 0 Å². The van der Waals surface area contributed by atoms with Gasteiger partial charge in [-0.1, -0.05) is 49.2 Å². The Hall–Kier alpha value is -1.21. The molecule has 0 radical (unpaired) electrons. The molecule has 0 atom stereocenters. The highest BCUT2D eigenvalue weighted by Crippen LogP contribution is 2.57. The maximum atomic E-state index is 5.22. The van der Waals surface area contributed by atoms with Gasteiger partial charge in [0.25, 0.3) is 0 Å². The second-order valence-electron chi connectivity index (χ2n) is 7.90. The molecule has 0 aliphatic rings. The van der Waals surface area contributed by atoms with Crippen LogP contribution in [0.4, 0.5) is 0 Å². The van der Waals surface area contributed by atoms with Gasteiger partial charge in [0.15, 0.2) is 0 Å². The molecule has 0 aromatic heterocycles. The Morgan fingerprint density at radius 3 is 1.28 bits per heavy atom. The first-order valence-corrected chi connectivity index (χ1v) is 13.5. The second kappa shape index (κ2) is 14.7. The molecule has 29 heavy (non-hydrogen) atoms. The van der Waals surface area contributed by atoms with Crippen LogP contribution in [-0.2, 0) is 9.47 Å². The molecule has 0 spiro atoms. The molecule has 2 rings (SSSR count). The van der Waals surface area contributed by atoms with Gasteiger partial charge in [-0.05, 0) is 62.8 Å². The lowest BCUT2D eigenvalue weighted by Crippen LogP contribution is -2.27. The monoisotopic (exact) mass is 415 g/mol. The molecular formula is C26H40O2P+. The van der Waals surface area contributed by atoms with Crippen LogP contribution in [0.5, 0.6) is 0 Å². The van der Waals surface area contributed by atoms with Crippen LogP contribution in [0, 0.1) is 0 Å². The van der Waals surface area contributed by atoms with Gasteiger partial charge in [0.1, 0.15) is 0 Å². The maximum absolute atomic E-state index is 5.22. The first-order valence-electron chi connectivity index (χ1n) is 11.3. The van der Waals surface area contributed by atoms with Gasteiger partial charge < -0.3 is 9.47 Å². The van der Waals surface area contributed by atoms with Crippen LogP contribution < -0.4 is 10.6 Å². The van der Waals surface area contributed by atoms with E-state index < -0.39 is 7.26 Å². The van der Waals surface area contributed by atoms with Crippen molar-refractivity contribution >= 4 is 17.9 Å². The Kier molecular flexibility index (Phi) is 12.2. The standard InChI is InChI=1S/C26H40O2P/c1-27-21-13-3-5-15-23-29(25-17-9-7-10-18-25,26-19-11-8-12-20-26)24-16-6-4-14-22-28-2/h7-12,17-20H,3-6,13-16,21-24H2,1-2H3/q+1. The van der Waals surface area contributed by atoms with E-state index in [1.165, 1.54) is 63.7 Å². The zero-order valence-corrected chi connectivity index (χ0v) is 19.4. The summed E-state index contributed by atoms with van der Waals surface area (Å²) < 4.78 is 10.4. The van der Waals surface area contributed by atoms with E-state index in [4.69, 9.17) is 9.47 Å². The van der Waals surface area contributed by atoms with E-state index in [0.717, 1.165) is 13.2 Å². The number of hydrogen-bond acceptors (Lipinski definition) is 2. The molecular weight excluding hydrogens is 375 g/mol. The fourth-order valence-electron chi connectivity index (χ4n) is 4.17. The molecule has 0 bridgehead atoms. The Balaban J connectivity index is 2.13. The van der Waals surface area contributed by atoms with E-state index in [0.29, 0.717) is 0 Å². The molecule has 2 nitrogen and oxygen atoms in total. The van der Waals surface area contributed by atoms with Crippen molar-refractivity contribution in [2.45, 2.75) is 51.4 Å². The van der Waals surface area contributed by atoms with E-state index in [1.54, 1.807) is 24.8 Å². The minimum absolute atomic E-state index is 0.888. The molecule has 160 valence electrons. The molecule has 0 saturated heterocycles. The van der Waals surface area contributed by atoms with E-state index >= 15 is 0 Å². The lowest BCUT2D eigenvalue weighted by atomic mass is 10.2. The van der Waals surface area contributed by atoms with Gasteiger partial charge >= 0.3 is 0 Å². The minimum atomic E-state index is -1.37. The first-order chi connectivity index (χ1) is 14.3. The molecule has 0 amide bonds. The third-order valence-corrected chi connectivity index (χ3v) is 10.5. The third-order valence-electron chi connectivity index (χ3n) is 5.78. The zero-order chi connectivity index (χ0) is 20.6. The fraction of sp³-hybridized carbons (Fsp3) is 0.538. The van der Waals surface area contributed by atoms with Gasteiger partial charge in [-0.2, -0.15) is 0 Å². The van der Waals surface area contributed by atoms with Crippen LogP contribution in [0.15, 0.2) is 60.7 Å². The summed E-state index contributed by atoms with van der Waals surface area (Å²) in [5.74, 6) is 0. The zero-order valence-electron chi connectivity index (χ0n) is 18.5. The average Bonchev–Trinajstić information content (AvgIpc) is 2.78. The van der Waals surface area contributed by atoms with Crippen LogP contribution in [0.2, 0.25) is 0 Å². The average molecular weight is 416 g/mol. The van der Waals surface area contributed by atoms with Crippen LogP contribution >= 0.6 is 7.26 Å². The lowest BCUT2D eigenvalue weighted by molar-refractivity contribution is 0.192. The van der Waals surface area contributed by atoms with Crippen molar-refractivity contribution in [1.29, 1.82) is 0 Å². The summed E-state index contributed by atoms with van der Waals surface area (Å²) >= 11 is 0. The number of hydrogen-bond donors (Lipinski definition) is 0. The van der Waals surface area contributed by atoms with Gasteiger partial charge in [-0.25, -0.2) is 0 Å². The smallest absolute Gasteiger partial charge is 0.0991 e. The van der Waals surface area contributed by atoms with Gasteiger partial charge in [0.05, 0.1) is 30.2 Å². The van der Waals surface area contributed by atoms with Crippen LogP contribution in [0.3, 0.4) is 0 Å². The number of rotatable bonds is 16. The summed E-state index contributed by atoms with van der Waals surface area (Å²) in [5.41, 5.74) is 0. The Bertz CT molecular complexity index is 572. The maximum Gasteiger partial charge on any atom is 0.0991 e. The van der Waals surface area contributed by atoms with Gasteiger partial charge in [-0.3, -0.25) is 0 Å². The molecule has 0 saturated carbocycles. The highest BCUT2D eigenvalue weighted by atomic mass is 31.2. The minimum Gasteiger partial charge on any atom is -0.385 e. The molecule has 2 aromatic rings. The van der Waals surface area contributed by atoms with E-state index in [1.807, 2.05) is 0 Å². The molecule has 0 heterocycles. The van der Waals surface area contributed by atoms with Crippen molar-refractivity contribution in [3.8, 4) is 0 Å².